The molecule has 0 N–H and O–H groups in total. The first-order valence-electron chi connectivity index (χ1n) is 9.35. The van der Waals surface area contributed by atoms with Crippen LogP contribution in [0.25, 0.3) is 0 Å². The van der Waals surface area contributed by atoms with Crippen LogP contribution in [0.3, 0.4) is 0 Å². The minimum atomic E-state index is -1.02. The van der Waals surface area contributed by atoms with Crippen molar-refractivity contribution in [3.8, 4) is 0 Å². The van der Waals surface area contributed by atoms with Gasteiger partial charge in [-0.05, 0) is 45.1 Å². The molecule has 0 aliphatic carbocycles. The monoisotopic (exact) mass is 375 g/mol. The fraction of sp³-hybridized carbons (Fsp3) is 0.571. The van der Waals surface area contributed by atoms with Crippen LogP contribution >= 0.6 is 0 Å². The highest BCUT2D eigenvalue weighted by atomic mass is 16.6. The average molecular weight is 375 g/mol. The van der Waals surface area contributed by atoms with E-state index in [2.05, 4.69) is 0 Å². The molecule has 2 atom stereocenters. The van der Waals surface area contributed by atoms with E-state index in [9.17, 15) is 14.4 Å². The van der Waals surface area contributed by atoms with Crippen LogP contribution in [-0.4, -0.2) is 41.1 Å². The van der Waals surface area contributed by atoms with E-state index in [4.69, 9.17) is 9.47 Å². The zero-order chi connectivity index (χ0) is 20.2. The average Bonchev–Trinajstić information content (AvgIpc) is 2.91. The molecule has 1 fully saturated rings. The van der Waals surface area contributed by atoms with Gasteiger partial charge in [0.2, 0.25) is 5.91 Å². The second kappa shape index (κ2) is 8.55. The van der Waals surface area contributed by atoms with Crippen LogP contribution in [0.5, 0.6) is 0 Å². The number of benzene rings is 1. The lowest BCUT2D eigenvalue weighted by atomic mass is 9.94. The summed E-state index contributed by atoms with van der Waals surface area (Å²) in [6, 6.07) is 9.16. The zero-order valence-electron chi connectivity index (χ0n) is 16.7. The van der Waals surface area contributed by atoms with Gasteiger partial charge in [-0.25, -0.2) is 9.69 Å². The van der Waals surface area contributed by atoms with Crippen LogP contribution in [0, 0.1) is 11.8 Å². The minimum Gasteiger partial charge on any atom is -0.459 e. The van der Waals surface area contributed by atoms with Gasteiger partial charge in [-0.3, -0.25) is 9.59 Å². The quantitative estimate of drug-likeness (QED) is 0.561. The molecule has 2 unspecified atom stereocenters. The summed E-state index contributed by atoms with van der Waals surface area (Å²) < 4.78 is 10.6. The molecule has 1 aromatic rings. The molecule has 0 saturated carbocycles. The van der Waals surface area contributed by atoms with Gasteiger partial charge >= 0.3 is 12.1 Å². The highest BCUT2D eigenvalue weighted by Gasteiger charge is 2.44. The molecular formula is C21H29NO5. The molecule has 1 aliphatic rings. The van der Waals surface area contributed by atoms with Crippen molar-refractivity contribution in [2.45, 2.75) is 59.1 Å². The van der Waals surface area contributed by atoms with E-state index in [-0.39, 0.29) is 12.5 Å². The molecule has 1 aliphatic heterocycles. The minimum absolute atomic E-state index is 0.0951. The Bertz CT molecular complexity index is 678. The molecule has 0 bridgehead atoms. The topological polar surface area (TPSA) is 72.9 Å². The number of carbonyl (C=O) groups excluding carboxylic acids is 3. The third-order valence-corrected chi connectivity index (χ3v) is 4.21. The van der Waals surface area contributed by atoms with Crippen molar-refractivity contribution in [2.24, 2.45) is 11.8 Å². The maximum Gasteiger partial charge on any atom is 0.417 e. The second-order valence-electron chi connectivity index (χ2n) is 8.34. The first-order valence-corrected chi connectivity index (χ1v) is 9.35. The van der Waals surface area contributed by atoms with E-state index in [1.165, 1.54) is 0 Å². The summed E-state index contributed by atoms with van der Waals surface area (Å²) >= 11 is 0. The molecule has 1 heterocycles. The lowest BCUT2D eigenvalue weighted by Gasteiger charge is -2.27. The number of cyclic esters (lactones) is 1. The van der Waals surface area contributed by atoms with Crippen LogP contribution in [0.4, 0.5) is 4.79 Å². The van der Waals surface area contributed by atoms with Gasteiger partial charge in [0.05, 0.1) is 6.04 Å². The van der Waals surface area contributed by atoms with Gasteiger partial charge in [0.25, 0.3) is 0 Å². The van der Waals surface area contributed by atoms with Crippen molar-refractivity contribution in [1.82, 2.24) is 4.90 Å². The largest absolute Gasteiger partial charge is 0.459 e. The Hall–Kier alpha value is -2.37. The first-order chi connectivity index (χ1) is 12.6. The normalized spacial score (nSPS) is 18.4. The standard InChI is InChI=1S/C21H29NO5/c1-14(2)11-17(19(24)27-21(3,4)5)18(23)22-16(13-26-20(22)25)12-15-9-7-6-8-10-15/h6-10,14,16-17H,11-13H2,1-5H3. The SMILES string of the molecule is CC(C)CC(C(=O)OC(C)(C)C)C(=O)N1C(=O)OCC1Cc1ccccc1. The van der Waals surface area contributed by atoms with Crippen LogP contribution in [-0.2, 0) is 25.5 Å². The van der Waals surface area contributed by atoms with E-state index >= 15 is 0 Å². The van der Waals surface area contributed by atoms with Gasteiger partial charge < -0.3 is 9.47 Å². The molecule has 2 amide bonds. The third-order valence-electron chi connectivity index (χ3n) is 4.21. The van der Waals surface area contributed by atoms with Gasteiger partial charge in [-0.2, -0.15) is 0 Å². The first kappa shape index (κ1) is 20.9. The van der Waals surface area contributed by atoms with Crippen molar-refractivity contribution < 1.29 is 23.9 Å². The lowest BCUT2D eigenvalue weighted by molar-refractivity contribution is -0.165. The van der Waals surface area contributed by atoms with E-state index in [1.54, 1.807) is 20.8 Å². The predicted molar refractivity (Wildman–Crippen MR) is 101 cm³/mol. The number of ether oxygens (including phenoxy) is 2. The molecule has 1 saturated heterocycles. The Labute approximate surface area is 160 Å². The van der Waals surface area contributed by atoms with Crippen LogP contribution in [0.15, 0.2) is 30.3 Å². The van der Waals surface area contributed by atoms with Gasteiger partial charge in [0.15, 0.2) is 0 Å². The Morgan fingerprint density at radius 2 is 1.85 bits per heavy atom. The summed E-state index contributed by atoms with van der Waals surface area (Å²) in [5.74, 6) is -2.06. The van der Waals surface area contributed by atoms with E-state index in [0.29, 0.717) is 12.8 Å². The second-order valence-corrected chi connectivity index (χ2v) is 8.34. The maximum atomic E-state index is 13.1. The summed E-state index contributed by atoms with van der Waals surface area (Å²) in [6.07, 6.45) is 0.106. The summed E-state index contributed by atoms with van der Waals surface area (Å²) in [4.78, 5) is 39.1. The molecule has 27 heavy (non-hydrogen) atoms. The molecule has 148 valence electrons. The number of amides is 2. The van der Waals surface area contributed by atoms with Crippen molar-refractivity contribution >= 4 is 18.0 Å². The van der Waals surface area contributed by atoms with E-state index < -0.39 is 35.5 Å². The fourth-order valence-electron chi connectivity index (χ4n) is 3.08. The molecule has 0 aromatic heterocycles. The number of imide groups is 1. The van der Waals surface area contributed by atoms with Crippen LogP contribution in [0.1, 0.15) is 46.6 Å². The Balaban J connectivity index is 2.22. The van der Waals surface area contributed by atoms with Gasteiger partial charge in [0, 0.05) is 0 Å². The van der Waals surface area contributed by atoms with E-state index in [1.807, 2.05) is 44.2 Å². The Morgan fingerprint density at radius 3 is 2.41 bits per heavy atom. The summed E-state index contributed by atoms with van der Waals surface area (Å²) in [6.45, 7) is 9.24. The van der Waals surface area contributed by atoms with E-state index in [0.717, 1.165) is 10.5 Å². The zero-order valence-corrected chi connectivity index (χ0v) is 16.7. The van der Waals surface area contributed by atoms with Gasteiger partial charge in [-0.15, -0.1) is 0 Å². The maximum absolute atomic E-state index is 13.1. The number of rotatable bonds is 6. The van der Waals surface area contributed by atoms with Crippen molar-refractivity contribution in [3.05, 3.63) is 35.9 Å². The third kappa shape index (κ3) is 5.81. The number of esters is 1. The smallest absolute Gasteiger partial charge is 0.417 e. The van der Waals surface area contributed by atoms with Crippen molar-refractivity contribution in [1.29, 1.82) is 0 Å². The fourth-order valence-corrected chi connectivity index (χ4v) is 3.08. The molecule has 6 nitrogen and oxygen atoms in total. The molecule has 0 spiro atoms. The van der Waals surface area contributed by atoms with Gasteiger partial charge in [-0.1, -0.05) is 44.2 Å². The van der Waals surface area contributed by atoms with Crippen molar-refractivity contribution in [2.75, 3.05) is 6.61 Å². The van der Waals surface area contributed by atoms with Gasteiger partial charge in [0.1, 0.15) is 18.1 Å². The van der Waals surface area contributed by atoms with Crippen LogP contribution in [0.2, 0.25) is 0 Å². The molecule has 2 rings (SSSR count). The lowest BCUT2D eigenvalue weighted by Crippen LogP contribution is -2.47. The highest BCUT2D eigenvalue weighted by Crippen LogP contribution is 2.25. The Kier molecular flexibility index (Phi) is 6.63. The molecule has 1 aromatic carbocycles. The number of hydrogen-bond donors (Lipinski definition) is 0. The highest BCUT2D eigenvalue weighted by molar-refractivity contribution is 6.04. The molecule has 0 radical (unpaired) electrons. The molecular weight excluding hydrogens is 346 g/mol. The van der Waals surface area contributed by atoms with Crippen LogP contribution < -0.4 is 0 Å². The number of nitrogens with zero attached hydrogens (tertiary/aromatic N) is 1. The number of hydrogen-bond acceptors (Lipinski definition) is 5. The summed E-state index contributed by atoms with van der Waals surface area (Å²) in [7, 11) is 0. The summed E-state index contributed by atoms with van der Waals surface area (Å²) in [5, 5.41) is 0. The number of carbonyl (C=O) groups is 3. The summed E-state index contributed by atoms with van der Waals surface area (Å²) in [5.41, 5.74) is 0.290. The molecule has 6 heteroatoms. The van der Waals surface area contributed by atoms with Crippen molar-refractivity contribution in [3.63, 3.8) is 0 Å². The Morgan fingerprint density at radius 1 is 1.22 bits per heavy atom. The predicted octanol–water partition coefficient (Wildman–Crippen LogP) is 3.58.